The van der Waals surface area contributed by atoms with Crippen LogP contribution in [0.15, 0.2) is 12.7 Å². The molecule has 3 nitrogen and oxygen atoms in total. The number of hydrogen-bond acceptors (Lipinski definition) is 3. The summed E-state index contributed by atoms with van der Waals surface area (Å²) in [6, 6.07) is 0. The highest BCUT2D eigenvalue weighted by Crippen LogP contribution is 2.67. The number of allylic oxidation sites excluding steroid dienone is 1. The van der Waals surface area contributed by atoms with E-state index in [1.54, 1.807) is 0 Å². The van der Waals surface area contributed by atoms with Gasteiger partial charge >= 0.3 is 0 Å². The first-order valence-corrected chi connectivity index (χ1v) is 9.99. The Morgan fingerprint density at radius 2 is 1.50 bits per heavy atom. The number of aliphatic hydroxyl groups is 3. The maximum Gasteiger partial charge on any atom is 0.0836 e. The summed E-state index contributed by atoms with van der Waals surface area (Å²) in [4.78, 5) is 0. The van der Waals surface area contributed by atoms with Crippen LogP contribution in [0.5, 0.6) is 0 Å². The topological polar surface area (TPSA) is 60.7 Å². The zero-order valence-corrected chi connectivity index (χ0v) is 15.2. The highest BCUT2D eigenvalue weighted by molar-refractivity contribution is 5.15. The summed E-state index contributed by atoms with van der Waals surface area (Å²) in [5.74, 6) is 1.77. The molecule has 136 valence electrons. The Kier molecular flexibility index (Phi) is 3.95. The molecular weight excluding hydrogens is 300 g/mol. The third kappa shape index (κ3) is 2.07. The van der Waals surface area contributed by atoms with E-state index in [4.69, 9.17) is 0 Å². The minimum Gasteiger partial charge on any atom is -0.393 e. The number of aliphatic hydroxyl groups excluding tert-OH is 3. The Bertz CT molecular complexity index is 519. The van der Waals surface area contributed by atoms with Crippen LogP contribution in [0.3, 0.4) is 0 Å². The van der Waals surface area contributed by atoms with E-state index in [-0.39, 0.29) is 28.8 Å². The fourth-order valence-electron chi connectivity index (χ4n) is 7.67. The van der Waals surface area contributed by atoms with Crippen LogP contribution < -0.4 is 0 Å². The summed E-state index contributed by atoms with van der Waals surface area (Å²) < 4.78 is 0. The average Bonchev–Trinajstić information content (AvgIpc) is 2.90. The van der Waals surface area contributed by atoms with E-state index in [0.29, 0.717) is 24.2 Å². The smallest absolute Gasteiger partial charge is 0.0836 e. The molecule has 0 aromatic rings. The highest BCUT2D eigenvalue weighted by Gasteiger charge is 2.64. The van der Waals surface area contributed by atoms with Crippen molar-refractivity contribution in [1.82, 2.24) is 0 Å². The molecule has 24 heavy (non-hydrogen) atoms. The molecule has 2 unspecified atom stereocenters. The van der Waals surface area contributed by atoms with Crippen LogP contribution in [0, 0.1) is 40.4 Å². The van der Waals surface area contributed by atoms with Crippen LogP contribution >= 0.6 is 0 Å². The Morgan fingerprint density at radius 3 is 2.21 bits per heavy atom. The normalized spacial score (nSPS) is 60.0. The van der Waals surface area contributed by atoms with Gasteiger partial charge in [0, 0.05) is 0 Å². The van der Waals surface area contributed by atoms with Crippen molar-refractivity contribution < 1.29 is 15.3 Å². The number of rotatable bonds is 1. The zero-order valence-electron chi connectivity index (χ0n) is 15.2. The predicted octanol–water partition coefficient (Wildman–Crippen LogP) is 3.13. The maximum atomic E-state index is 11.1. The van der Waals surface area contributed by atoms with Crippen LogP contribution in [-0.4, -0.2) is 33.6 Å². The molecule has 4 aliphatic carbocycles. The van der Waals surface area contributed by atoms with Gasteiger partial charge in [0.25, 0.3) is 0 Å². The second kappa shape index (κ2) is 5.56. The van der Waals surface area contributed by atoms with Crippen LogP contribution in [0.4, 0.5) is 0 Å². The first kappa shape index (κ1) is 17.1. The van der Waals surface area contributed by atoms with Crippen molar-refractivity contribution in [2.75, 3.05) is 0 Å². The molecule has 0 aliphatic heterocycles. The van der Waals surface area contributed by atoms with Crippen LogP contribution in [0.25, 0.3) is 0 Å². The van der Waals surface area contributed by atoms with Gasteiger partial charge in [0.05, 0.1) is 18.3 Å². The van der Waals surface area contributed by atoms with Crippen molar-refractivity contribution in [1.29, 1.82) is 0 Å². The van der Waals surface area contributed by atoms with Gasteiger partial charge in [-0.1, -0.05) is 19.9 Å². The summed E-state index contributed by atoms with van der Waals surface area (Å²) in [7, 11) is 0. The van der Waals surface area contributed by atoms with Gasteiger partial charge in [0.15, 0.2) is 0 Å². The first-order chi connectivity index (χ1) is 11.3. The number of hydrogen-bond donors (Lipinski definition) is 3. The highest BCUT2D eigenvalue weighted by atomic mass is 16.3. The summed E-state index contributed by atoms with van der Waals surface area (Å²) in [5.41, 5.74) is 0.303. The van der Waals surface area contributed by atoms with Gasteiger partial charge in [-0.05, 0) is 85.4 Å². The molecule has 0 aromatic carbocycles. The second-order valence-corrected chi connectivity index (χ2v) is 9.78. The zero-order chi connectivity index (χ0) is 17.3. The molecule has 0 amide bonds. The lowest BCUT2D eigenvalue weighted by atomic mass is 9.43. The van der Waals surface area contributed by atoms with Gasteiger partial charge in [-0.2, -0.15) is 0 Å². The minimum atomic E-state index is -0.684. The van der Waals surface area contributed by atoms with E-state index >= 15 is 0 Å². The predicted molar refractivity (Wildman–Crippen MR) is 94.2 cm³/mol. The molecule has 4 aliphatic rings. The van der Waals surface area contributed by atoms with Crippen molar-refractivity contribution >= 4 is 0 Å². The minimum absolute atomic E-state index is 0.0402. The third-order valence-corrected chi connectivity index (χ3v) is 9.08. The van der Waals surface area contributed by atoms with Crippen LogP contribution in [-0.2, 0) is 0 Å². The Hall–Kier alpha value is -0.380. The van der Waals surface area contributed by atoms with Crippen LogP contribution in [0.2, 0.25) is 0 Å². The lowest BCUT2D eigenvalue weighted by molar-refractivity contribution is -0.221. The van der Waals surface area contributed by atoms with Gasteiger partial charge < -0.3 is 15.3 Å². The van der Waals surface area contributed by atoms with Gasteiger partial charge in [-0.15, -0.1) is 6.58 Å². The van der Waals surface area contributed by atoms with E-state index in [0.717, 1.165) is 25.7 Å². The van der Waals surface area contributed by atoms with Crippen molar-refractivity contribution in [3.8, 4) is 0 Å². The Labute approximate surface area is 146 Å². The molecule has 0 bridgehead atoms. The van der Waals surface area contributed by atoms with E-state index in [1.807, 2.05) is 0 Å². The fraction of sp³-hybridized carbons (Fsp3) is 0.905. The molecule has 4 fully saturated rings. The van der Waals surface area contributed by atoms with Crippen LogP contribution in [0.1, 0.15) is 58.8 Å². The standard InChI is InChI=1S/C21H34O3/c1-4-12-5-6-14-17-15(8-10-20(12,14)2)21(3)9-7-13(22)11-16(21)18(23)19(17)24/h4,12-19,22-24H,1,5-11H2,2-3H3/t12-,13+,14-,15-,16?,17-,18+,19?,20+,21+/m0/s1. The SMILES string of the molecule is C=C[C@H]1CC[C@H]2[C@@H]3C(O)[C@H](O)C4C[C@H](O)CC[C@]4(C)[C@H]3CC[C@]12C. The molecule has 0 aromatic heterocycles. The average molecular weight is 335 g/mol. The van der Waals surface area contributed by atoms with Crippen molar-refractivity contribution in [2.24, 2.45) is 40.4 Å². The molecule has 0 spiro atoms. The maximum absolute atomic E-state index is 11.1. The number of fused-ring (bicyclic) bond motifs is 5. The molecule has 0 heterocycles. The van der Waals surface area contributed by atoms with E-state index in [1.165, 1.54) is 12.8 Å². The molecule has 4 saturated carbocycles. The van der Waals surface area contributed by atoms with E-state index in [2.05, 4.69) is 26.5 Å². The van der Waals surface area contributed by atoms with Gasteiger partial charge in [0.2, 0.25) is 0 Å². The molecule has 3 heteroatoms. The molecule has 0 saturated heterocycles. The quantitative estimate of drug-likeness (QED) is 0.646. The van der Waals surface area contributed by atoms with Gasteiger partial charge in [-0.25, -0.2) is 0 Å². The molecule has 3 N–H and O–H groups in total. The lowest BCUT2D eigenvalue weighted by Gasteiger charge is -2.63. The Balaban J connectivity index is 1.71. The van der Waals surface area contributed by atoms with Gasteiger partial charge in [-0.3, -0.25) is 0 Å². The molecule has 10 atom stereocenters. The lowest BCUT2D eigenvalue weighted by Crippen LogP contribution is -2.64. The summed E-state index contributed by atoms with van der Waals surface area (Å²) in [5, 5.41) is 32.1. The monoisotopic (exact) mass is 334 g/mol. The van der Waals surface area contributed by atoms with E-state index in [9.17, 15) is 15.3 Å². The fourth-order valence-corrected chi connectivity index (χ4v) is 7.67. The molecule has 0 radical (unpaired) electrons. The summed E-state index contributed by atoms with van der Waals surface area (Å²) in [6.07, 6.45) is 7.67. The molecule has 4 rings (SSSR count). The molecular formula is C21H34O3. The van der Waals surface area contributed by atoms with Crippen molar-refractivity contribution in [2.45, 2.75) is 77.1 Å². The Morgan fingerprint density at radius 1 is 0.833 bits per heavy atom. The van der Waals surface area contributed by atoms with E-state index < -0.39 is 12.2 Å². The second-order valence-electron chi connectivity index (χ2n) is 9.78. The summed E-state index contributed by atoms with van der Waals surface area (Å²) in [6.45, 7) is 8.79. The summed E-state index contributed by atoms with van der Waals surface area (Å²) >= 11 is 0. The van der Waals surface area contributed by atoms with Crippen molar-refractivity contribution in [3.63, 3.8) is 0 Å². The van der Waals surface area contributed by atoms with Gasteiger partial charge in [0.1, 0.15) is 0 Å². The largest absolute Gasteiger partial charge is 0.393 e. The van der Waals surface area contributed by atoms with Crippen molar-refractivity contribution in [3.05, 3.63) is 12.7 Å². The first-order valence-electron chi connectivity index (χ1n) is 9.99. The third-order valence-electron chi connectivity index (χ3n) is 9.08.